The minimum Gasteiger partial charge on any atom is -0.353 e. The van der Waals surface area contributed by atoms with Crippen LogP contribution in [0.3, 0.4) is 0 Å². The second kappa shape index (κ2) is 5.35. The molecule has 1 saturated carbocycles. The minimum absolute atomic E-state index is 0.180. The third-order valence-electron chi connectivity index (χ3n) is 2.67. The Balaban J connectivity index is 2.25. The number of carbonyl (C=O) groups excluding carboxylic acids is 1. The Morgan fingerprint density at radius 1 is 1.50 bits per heavy atom. The van der Waals surface area contributed by atoms with Gasteiger partial charge in [-0.25, -0.2) is 0 Å². The molecule has 0 aromatic heterocycles. The molecular formula is C11H22N2O. The first kappa shape index (κ1) is 11.5. The van der Waals surface area contributed by atoms with Crippen molar-refractivity contribution in [2.75, 3.05) is 0 Å². The second-order valence-electron chi connectivity index (χ2n) is 4.79. The van der Waals surface area contributed by atoms with E-state index < -0.39 is 0 Å². The van der Waals surface area contributed by atoms with E-state index in [0.717, 1.165) is 25.7 Å². The molecule has 0 radical (unpaired) electrons. The minimum atomic E-state index is 0.180. The molecule has 1 aliphatic rings. The van der Waals surface area contributed by atoms with E-state index >= 15 is 0 Å². The largest absolute Gasteiger partial charge is 0.353 e. The molecule has 1 amide bonds. The molecule has 2 atom stereocenters. The molecule has 3 N–H and O–H groups in total. The van der Waals surface area contributed by atoms with E-state index in [9.17, 15) is 4.79 Å². The Labute approximate surface area is 86.4 Å². The maximum Gasteiger partial charge on any atom is 0.220 e. The van der Waals surface area contributed by atoms with Crippen LogP contribution in [-0.2, 0) is 4.79 Å². The number of nitrogens with two attached hydrogens (primary N) is 1. The van der Waals surface area contributed by atoms with Crippen molar-refractivity contribution < 1.29 is 4.79 Å². The zero-order valence-corrected chi connectivity index (χ0v) is 9.25. The summed E-state index contributed by atoms with van der Waals surface area (Å²) < 4.78 is 0. The molecule has 0 saturated heterocycles. The van der Waals surface area contributed by atoms with Crippen LogP contribution in [0.5, 0.6) is 0 Å². The van der Waals surface area contributed by atoms with E-state index in [4.69, 9.17) is 5.73 Å². The number of hydrogen-bond acceptors (Lipinski definition) is 2. The average molecular weight is 198 g/mol. The van der Waals surface area contributed by atoms with Gasteiger partial charge in [0.2, 0.25) is 5.91 Å². The molecule has 1 fully saturated rings. The molecule has 14 heavy (non-hydrogen) atoms. The summed E-state index contributed by atoms with van der Waals surface area (Å²) in [5.41, 5.74) is 5.85. The first-order chi connectivity index (χ1) is 6.58. The highest BCUT2D eigenvalue weighted by Gasteiger charge is 2.20. The molecule has 0 aromatic carbocycles. The number of amides is 1. The van der Waals surface area contributed by atoms with Crippen molar-refractivity contribution in [2.24, 2.45) is 11.7 Å². The summed E-state index contributed by atoms with van der Waals surface area (Å²) in [7, 11) is 0. The number of rotatable bonds is 3. The predicted octanol–water partition coefficient (Wildman–Crippen LogP) is 1.42. The zero-order chi connectivity index (χ0) is 10.6. The van der Waals surface area contributed by atoms with Crippen molar-refractivity contribution in [3.63, 3.8) is 0 Å². The smallest absolute Gasteiger partial charge is 0.220 e. The zero-order valence-electron chi connectivity index (χ0n) is 9.25. The van der Waals surface area contributed by atoms with Crippen LogP contribution in [0.15, 0.2) is 0 Å². The number of nitrogens with one attached hydrogen (secondary N) is 1. The summed E-state index contributed by atoms with van der Waals surface area (Å²) in [4.78, 5) is 11.5. The first-order valence-electron chi connectivity index (χ1n) is 5.63. The Morgan fingerprint density at radius 3 is 2.79 bits per heavy atom. The maximum absolute atomic E-state index is 11.5. The van der Waals surface area contributed by atoms with E-state index in [1.54, 1.807) is 0 Å². The molecule has 2 unspecified atom stereocenters. The van der Waals surface area contributed by atoms with Crippen molar-refractivity contribution in [3.05, 3.63) is 0 Å². The van der Waals surface area contributed by atoms with Gasteiger partial charge in [-0.05, 0) is 31.6 Å². The van der Waals surface area contributed by atoms with Gasteiger partial charge in [0.05, 0.1) is 0 Å². The molecule has 0 bridgehead atoms. The third-order valence-corrected chi connectivity index (χ3v) is 2.67. The lowest BCUT2D eigenvalue weighted by Crippen LogP contribution is -2.42. The van der Waals surface area contributed by atoms with E-state index in [2.05, 4.69) is 19.2 Å². The molecule has 0 aliphatic heterocycles. The Bertz CT molecular complexity index is 192. The summed E-state index contributed by atoms with van der Waals surface area (Å²) in [6, 6.07) is 0.609. The van der Waals surface area contributed by atoms with E-state index in [-0.39, 0.29) is 11.9 Å². The fraction of sp³-hybridized carbons (Fsp3) is 0.909. The highest BCUT2D eigenvalue weighted by Crippen LogP contribution is 2.17. The maximum atomic E-state index is 11.5. The Hall–Kier alpha value is -0.570. The lowest BCUT2D eigenvalue weighted by atomic mass is 9.91. The number of carbonyl (C=O) groups is 1. The van der Waals surface area contributed by atoms with Crippen LogP contribution in [0.1, 0.15) is 46.0 Å². The molecule has 1 rings (SSSR count). The van der Waals surface area contributed by atoms with Gasteiger partial charge in [-0.1, -0.05) is 13.8 Å². The van der Waals surface area contributed by atoms with Gasteiger partial charge in [0.25, 0.3) is 0 Å². The predicted molar refractivity (Wildman–Crippen MR) is 57.8 cm³/mol. The molecule has 0 heterocycles. The summed E-state index contributed by atoms with van der Waals surface area (Å²) in [5, 5.41) is 3.06. The van der Waals surface area contributed by atoms with E-state index in [0.29, 0.717) is 18.4 Å². The van der Waals surface area contributed by atoms with Crippen LogP contribution >= 0.6 is 0 Å². The summed E-state index contributed by atoms with van der Waals surface area (Å²) >= 11 is 0. The quantitative estimate of drug-likeness (QED) is 0.720. The normalized spacial score (nSPS) is 27.7. The SMILES string of the molecule is CC(C)CC(=O)NC1CCCC(N)C1. The standard InChI is InChI=1S/C11H22N2O/c1-8(2)6-11(14)13-10-5-3-4-9(12)7-10/h8-10H,3-7,12H2,1-2H3,(H,13,14). The molecule has 1 aliphatic carbocycles. The lowest BCUT2D eigenvalue weighted by Gasteiger charge is -2.27. The molecule has 82 valence electrons. The summed E-state index contributed by atoms with van der Waals surface area (Å²) in [6.07, 6.45) is 4.93. The van der Waals surface area contributed by atoms with Crippen LogP contribution in [0.25, 0.3) is 0 Å². The van der Waals surface area contributed by atoms with Crippen molar-refractivity contribution in [3.8, 4) is 0 Å². The molecule has 3 nitrogen and oxygen atoms in total. The van der Waals surface area contributed by atoms with Gasteiger partial charge in [0.15, 0.2) is 0 Å². The van der Waals surface area contributed by atoms with Crippen molar-refractivity contribution in [2.45, 2.75) is 58.0 Å². The van der Waals surface area contributed by atoms with Crippen molar-refractivity contribution >= 4 is 5.91 Å². The first-order valence-corrected chi connectivity index (χ1v) is 5.63. The van der Waals surface area contributed by atoms with Crippen LogP contribution in [-0.4, -0.2) is 18.0 Å². The fourth-order valence-corrected chi connectivity index (χ4v) is 2.02. The van der Waals surface area contributed by atoms with Crippen LogP contribution in [0.2, 0.25) is 0 Å². The van der Waals surface area contributed by atoms with E-state index in [1.165, 1.54) is 0 Å². The van der Waals surface area contributed by atoms with Gasteiger partial charge in [-0.15, -0.1) is 0 Å². The van der Waals surface area contributed by atoms with Crippen molar-refractivity contribution in [1.82, 2.24) is 5.32 Å². The highest BCUT2D eigenvalue weighted by atomic mass is 16.1. The monoisotopic (exact) mass is 198 g/mol. The third kappa shape index (κ3) is 4.09. The lowest BCUT2D eigenvalue weighted by molar-refractivity contribution is -0.122. The van der Waals surface area contributed by atoms with Crippen LogP contribution in [0, 0.1) is 5.92 Å². The number of hydrogen-bond donors (Lipinski definition) is 2. The molecule has 3 heteroatoms. The Kier molecular flexibility index (Phi) is 4.39. The van der Waals surface area contributed by atoms with Gasteiger partial charge in [-0.2, -0.15) is 0 Å². The average Bonchev–Trinajstić information content (AvgIpc) is 2.01. The highest BCUT2D eigenvalue weighted by molar-refractivity contribution is 5.76. The van der Waals surface area contributed by atoms with Gasteiger partial charge in [0.1, 0.15) is 0 Å². The van der Waals surface area contributed by atoms with Crippen LogP contribution < -0.4 is 11.1 Å². The fourth-order valence-electron chi connectivity index (χ4n) is 2.02. The van der Waals surface area contributed by atoms with Gasteiger partial charge in [0, 0.05) is 18.5 Å². The van der Waals surface area contributed by atoms with Gasteiger partial charge >= 0.3 is 0 Å². The summed E-state index contributed by atoms with van der Waals surface area (Å²) in [5.74, 6) is 0.617. The van der Waals surface area contributed by atoms with E-state index in [1.807, 2.05) is 0 Å². The molecular weight excluding hydrogens is 176 g/mol. The topological polar surface area (TPSA) is 55.1 Å². The van der Waals surface area contributed by atoms with Crippen molar-refractivity contribution in [1.29, 1.82) is 0 Å². The van der Waals surface area contributed by atoms with Gasteiger partial charge in [-0.3, -0.25) is 4.79 Å². The molecule has 0 aromatic rings. The second-order valence-corrected chi connectivity index (χ2v) is 4.79. The Morgan fingerprint density at radius 2 is 2.21 bits per heavy atom. The summed E-state index contributed by atoms with van der Waals surface area (Å²) in [6.45, 7) is 4.12. The van der Waals surface area contributed by atoms with Gasteiger partial charge < -0.3 is 11.1 Å². The van der Waals surface area contributed by atoms with Crippen LogP contribution in [0.4, 0.5) is 0 Å². The molecule has 0 spiro atoms.